The minimum Gasteiger partial charge on any atom is -0.462 e. The molecule has 0 bridgehead atoms. The lowest BCUT2D eigenvalue weighted by Gasteiger charge is -2.21. The van der Waals surface area contributed by atoms with Gasteiger partial charge in [0.1, 0.15) is 12.4 Å². The molecule has 0 N–H and O–H groups in total. The van der Waals surface area contributed by atoms with Crippen molar-refractivity contribution in [1.29, 1.82) is 0 Å². The van der Waals surface area contributed by atoms with Crippen LogP contribution in [0.3, 0.4) is 0 Å². The maximum atomic E-state index is 14.4. The topological polar surface area (TPSA) is 66.2 Å². The number of thioether (sulfide) groups is 1. The van der Waals surface area contributed by atoms with Crippen molar-refractivity contribution >= 4 is 17.7 Å². The minimum atomic E-state index is -0.384. The third-order valence-electron chi connectivity index (χ3n) is 4.79. The van der Waals surface area contributed by atoms with Crippen molar-refractivity contribution in [2.24, 2.45) is 0 Å². The molecule has 3 aromatic rings. The molecule has 8 heteroatoms. The lowest BCUT2D eigenvalue weighted by molar-refractivity contribution is -0.145. The zero-order valence-corrected chi connectivity index (χ0v) is 17.2. The summed E-state index contributed by atoms with van der Waals surface area (Å²) in [7, 11) is 0. The van der Waals surface area contributed by atoms with Crippen LogP contribution in [-0.2, 0) is 14.3 Å². The van der Waals surface area contributed by atoms with Gasteiger partial charge >= 0.3 is 5.97 Å². The van der Waals surface area contributed by atoms with Crippen LogP contribution in [0.5, 0.6) is 0 Å². The van der Waals surface area contributed by atoms with E-state index < -0.39 is 0 Å². The molecule has 0 radical (unpaired) electrons. The number of para-hydroxylation sites is 1. The second-order valence-corrected chi connectivity index (χ2v) is 7.86. The Balaban J connectivity index is 1.50. The zero-order chi connectivity index (χ0) is 20.8. The number of hydrogen-bond acceptors (Lipinski definition) is 6. The normalized spacial score (nSPS) is 16.4. The number of carbonyl (C=O) groups excluding carboxylic acids is 1. The van der Waals surface area contributed by atoms with Crippen molar-refractivity contribution in [3.8, 4) is 17.1 Å². The van der Waals surface area contributed by atoms with Crippen LogP contribution in [0.25, 0.3) is 17.1 Å². The monoisotopic (exact) mass is 427 g/mol. The fraction of sp³-hybridized carbons (Fsp3) is 0.318. The van der Waals surface area contributed by atoms with E-state index in [0.29, 0.717) is 16.5 Å². The lowest BCUT2D eigenvalue weighted by atomic mass is 10.1. The van der Waals surface area contributed by atoms with Gasteiger partial charge in [0, 0.05) is 12.3 Å². The Bertz CT molecular complexity index is 990. The Morgan fingerprint density at radius 3 is 2.70 bits per heavy atom. The maximum absolute atomic E-state index is 14.4. The second kappa shape index (κ2) is 9.86. The van der Waals surface area contributed by atoms with Gasteiger partial charge in [-0.3, -0.25) is 9.36 Å². The quantitative estimate of drug-likeness (QED) is 0.414. The van der Waals surface area contributed by atoms with Crippen molar-refractivity contribution in [3.05, 3.63) is 60.4 Å². The third kappa shape index (κ3) is 4.88. The highest BCUT2D eigenvalue weighted by molar-refractivity contribution is 7.99. The number of ether oxygens (including phenoxy) is 2. The van der Waals surface area contributed by atoms with Crippen LogP contribution < -0.4 is 0 Å². The fourth-order valence-electron chi connectivity index (χ4n) is 3.28. The van der Waals surface area contributed by atoms with Crippen LogP contribution in [0.4, 0.5) is 4.39 Å². The van der Waals surface area contributed by atoms with E-state index in [1.54, 1.807) is 22.8 Å². The van der Waals surface area contributed by atoms with Crippen molar-refractivity contribution in [3.63, 3.8) is 0 Å². The van der Waals surface area contributed by atoms with E-state index in [-0.39, 0.29) is 30.3 Å². The Hall–Kier alpha value is -2.71. The largest absolute Gasteiger partial charge is 0.462 e. The van der Waals surface area contributed by atoms with Crippen LogP contribution in [-0.4, -0.2) is 45.8 Å². The lowest BCUT2D eigenvalue weighted by Crippen LogP contribution is -2.26. The molecule has 30 heavy (non-hydrogen) atoms. The molecule has 0 spiro atoms. The van der Waals surface area contributed by atoms with Gasteiger partial charge in [-0.1, -0.05) is 42.1 Å². The van der Waals surface area contributed by atoms with Gasteiger partial charge in [0.25, 0.3) is 0 Å². The number of hydrogen-bond donors (Lipinski definition) is 0. The molecule has 0 saturated carbocycles. The first-order chi connectivity index (χ1) is 14.7. The number of halogens is 1. The first-order valence-electron chi connectivity index (χ1n) is 9.88. The van der Waals surface area contributed by atoms with Gasteiger partial charge in [-0.05, 0) is 43.5 Å². The van der Waals surface area contributed by atoms with E-state index in [2.05, 4.69) is 10.2 Å². The maximum Gasteiger partial charge on any atom is 0.316 e. The van der Waals surface area contributed by atoms with E-state index in [4.69, 9.17) is 9.47 Å². The first kappa shape index (κ1) is 20.6. The highest BCUT2D eigenvalue weighted by atomic mass is 32.2. The Morgan fingerprint density at radius 2 is 1.93 bits per heavy atom. The molecule has 6 nitrogen and oxygen atoms in total. The summed E-state index contributed by atoms with van der Waals surface area (Å²) in [6.07, 6.45) is 3.04. The molecule has 1 aliphatic heterocycles. The third-order valence-corrected chi connectivity index (χ3v) is 5.69. The minimum absolute atomic E-state index is 0.0201. The van der Waals surface area contributed by atoms with Crippen molar-refractivity contribution in [2.45, 2.75) is 30.5 Å². The summed E-state index contributed by atoms with van der Waals surface area (Å²) >= 11 is 1.21. The van der Waals surface area contributed by atoms with E-state index >= 15 is 0 Å². The van der Waals surface area contributed by atoms with Crippen molar-refractivity contribution < 1.29 is 18.7 Å². The first-order valence-corrected chi connectivity index (χ1v) is 10.9. The van der Waals surface area contributed by atoms with Crippen molar-refractivity contribution in [1.82, 2.24) is 14.8 Å². The molecular weight excluding hydrogens is 405 g/mol. The smallest absolute Gasteiger partial charge is 0.316 e. The highest BCUT2D eigenvalue weighted by Gasteiger charge is 2.20. The summed E-state index contributed by atoms with van der Waals surface area (Å²) in [4.78, 5) is 12.2. The van der Waals surface area contributed by atoms with E-state index in [9.17, 15) is 9.18 Å². The average molecular weight is 428 g/mol. The number of carbonyl (C=O) groups is 1. The summed E-state index contributed by atoms with van der Waals surface area (Å²) in [6, 6.07) is 15.9. The predicted octanol–water partition coefficient (Wildman–Crippen LogP) is 4.28. The molecule has 0 amide bonds. The Kier molecular flexibility index (Phi) is 6.76. The van der Waals surface area contributed by atoms with Crippen LogP contribution in [0.15, 0.2) is 59.8 Å². The summed E-state index contributed by atoms with van der Waals surface area (Å²) < 4.78 is 27.1. The van der Waals surface area contributed by atoms with Gasteiger partial charge in [-0.15, -0.1) is 10.2 Å². The van der Waals surface area contributed by atoms with Gasteiger partial charge < -0.3 is 9.47 Å². The number of esters is 1. The number of nitrogens with zero attached hydrogens (tertiary/aromatic N) is 3. The molecular formula is C22H22FN3O3S. The molecule has 2 aromatic carbocycles. The van der Waals surface area contributed by atoms with E-state index in [1.807, 2.05) is 30.3 Å². The zero-order valence-electron chi connectivity index (χ0n) is 16.4. The SMILES string of the molecule is O=C(CSc1nnc(-c2ccccc2F)n1-c1ccccc1)OCC1CCCCO1. The highest BCUT2D eigenvalue weighted by Crippen LogP contribution is 2.29. The van der Waals surface area contributed by atoms with Crippen molar-refractivity contribution in [2.75, 3.05) is 19.0 Å². The Morgan fingerprint density at radius 1 is 1.13 bits per heavy atom. The molecule has 1 atom stereocenters. The van der Waals surface area contributed by atoms with Crippen LogP contribution >= 0.6 is 11.8 Å². The predicted molar refractivity (Wildman–Crippen MR) is 112 cm³/mol. The number of aromatic nitrogens is 3. The molecule has 1 aliphatic rings. The molecule has 4 rings (SSSR count). The Labute approximate surface area is 178 Å². The van der Waals surface area contributed by atoms with E-state index in [1.165, 1.54) is 17.8 Å². The van der Waals surface area contributed by atoms with Gasteiger partial charge in [-0.2, -0.15) is 0 Å². The van der Waals surface area contributed by atoms with E-state index in [0.717, 1.165) is 31.6 Å². The number of rotatable bonds is 7. The number of benzene rings is 2. The summed E-state index contributed by atoms with van der Waals surface area (Å²) in [5.74, 6) is -0.268. The van der Waals surface area contributed by atoms with Gasteiger partial charge in [0.2, 0.25) is 0 Å². The molecule has 2 heterocycles. The molecule has 1 saturated heterocycles. The van der Waals surface area contributed by atoms with Gasteiger partial charge in [0.05, 0.1) is 17.4 Å². The molecule has 0 aliphatic carbocycles. The second-order valence-electron chi connectivity index (χ2n) is 6.92. The van der Waals surface area contributed by atoms with Crippen LogP contribution in [0, 0.1) is 5.82 Å². The summed E-state index contributed by atoms with van der Waals surface area (Å²) in [6.45, 7) is 0.987. The average Bonchev–Trinajstić information content (AvgIpc) is 3.21. The fourth-order valence-corrected chi connectivity index (χ4v) is 4.03. The molecule has 1 unspecified atom stereocenters. The van der Waals surface area contributed by atoms with Crippen LogP contribution in [0.1, 0.15) is 19.3 Å². The van der Waals surface area contributed by atoms with Gasteiger partial charge in [-0.25, -0.2) is 4.39 Å². The molecule has 1 aromatic heterocycles. The molecule has 156 valence electrons. The summed E-state index contributed by atoms with van der Waals surface area (Å²) in [5.41, 5.74) is 1.13. The standard InChI is InChI=1S/C22H22FN3O3S/c23-19-12-5-4-11-18(19)21-24-25-22(26(21)16-8-2-1-3-9-16)30-15-20(27)29-14-17-10-6-7-13-28-17/h1-5,8-9,11-12,17H,6-7,10,13-15H2. The molecule has 1 fully saturated rings. The van der Waals surface area contributed by atoms with Crippen LogP contribution in [0.2, 0.25) is 0 Å². The summed E-state index contributed by atoms with van der Waals surface area (Å²) in [5, 5.41) is 8.90. The van der Waals surface area contributed by atoms with Gasteiger partial charge in [0.15, 0.2) is 11.0 Å².